The van der Waals surface area contributed by atoms with Gasteiger partial charge in [-0.15, -0.1) is 0 Å². The van der Waals surface area contributed by atoms with E-state index in [2.05, 4.69) is 12.6 Å². The van der Waals surface area contributed by atoms with E-state index in [-0.39, 0.29) is 11.9 Å². The van der Waals surface area contributed by atoms with E-state index in [1.807, 2.05) is 11.8 Å². The molecule has 3 nitrogen and oxygen atoms in total. The third-order valence-electron chi connectivity index (χ3n) is 2.06. The van der Waals surface area contributed by atoms with Crippen molar-refractivity contribution in [3.05, 3.63) is 0 Å². The Bertz CT molecular complexity index is 172. The summed E-state index contributed by atoms with van der Waals surface area (Å²) in [5.41, 5.74) is 5.61. The lowest BCUT2D eigenvalue weighted by molar-refractivity contribution is -0.127. The monoisotopic (exact) mass is 188 g/mol. The highest BCUT2D eigenvalue weighted by Crippen LogP contribution is 2.18. The first-order chi connectivity index (χ1) is 5.63. The summed E-state index contributed by atoms with van der Waals surface area (Å²) in [5, 5.41) is 0. The molecule has 1 aliphatic heterocycles. The number of hydrogen-bond donors (Lipinski definition) is 2. The molecule has 0 aromatic rings. The average molecular weight is 188 g/mol. The molecule has 0 spiro atoms. The summed E-state index contributed by atoms with van der Waals surface area (Å²) in [6, 6.07) is 0.0765. The molecule has 1 amide bonds. The fourth-order valence-corrected chi connectivity index (χ4v) is 1.74. The maximum atomic E-state index is 11.3. The molecule has 1 aliphatic rings. The number of rotatable bonds is 3. The Morgan fingerprint density at radius 2 is 2.50 bits per heavy atom. The van der Waals surface area contributed by atoms with E-state index in [1.165, 1.54) is 0 Å². The van der Waals surface area contributed by atoms with Crippen LogP contribution < -0.4 is 5.73 Å². The minimum Gasteiger partial charge on any atom is -0.341 e. The predicted molar refractivity (Wildman–Crippen MR) is 52.2 cm³/mol. The van der Waals surface area contributed by atoms with Crippen LogP contribution in [0, 0.1) is 5.92 Å². The number of nitrogens with two attached hydrogens (primary N) is 1. The number of amides is 1. The highest BCUT2D eigenvalue weighted by molar-refractivity contribution is 7.80. The molecule has 12 heavy (non-hydrogen) atoms. The summed E-state index contributed by atoms with van der Waals surface area (Å²) in [5.74, 6) is 1.45. The fourth-order valence-electron chi connectivity index (χ4n) is 1.50. The van der Waals surface area contributed by atoms with Crippen molar-refractivity contribution in [3.63, 3.8) is 0 Å². The molecule has 4 heteroatoms. The molecule has 2 N–H and O–H groups in total. The second-order valence-corrected chi connectivity index (χ2v) is 3.89. The second-order valence-electron chi connectivity index (χ2n) is 3.53. The highest BCUT2D eigenvalue weighted by atomic mass is 32.1. The normalized spacial score (nSPS) is 26.4. The molecule has 0 aliphatic carbocycles. The summed E-state index contributed by atoms with van der Waals surface area (Å²) in [7, 11) is 0. The molecule has 0 radical (unpaired) electrons. The number of hydrogen-bond acceptors (Lipinski definition) is 3. The van der Waals surface area contributed by atoms with Gasteiger partial charge in [0.05, 0.1) is 0 Å². The van der Waals surface area contributed by atoms with Crippen LogP contribution in [0.2, 0.25) is 0 Å². The first-order valence-electron chi connectivity index (χ1n) is 4.27. The Morgan fingerprint density at radius 3 is 2.92 bits per heavy atom. The quantitative estimate of drug-likeness (QED) is 0.618. The van der Waals surface area contributed by atoms with Gasteiger partial charge in [0.15, 0.2) is 0 Å². The van der Waals surface area contributed by atoms with E-state index in [0.29, 0.717) is 18.9 Å². The van der Waals surface area contributed by atoms with Crippen molar-refractivity contribution in [1.82, 2.24) is 4.90 Å². The summed E-state index contributed by atoms with van der Waals surface area (Å²) in [6.07, 6.45) is 0.649. The summed E-state index contributed by atoms with van der Waals surface area (Å²) in [6.45, 7) is 3.44. The average Bonchev–Trinajstić information content (AvgIpc) is 2.31. The second kappa shape index (κ2) is 4.14. The molecular formula is C8H16N2OS. The third kappa shape index (κ3) is 2.38. The SMILES string of the molecule is CC(N)CN1CC(CS)CC1=O. The molecule has 0 aromatic heterocycles. The minimum atomic E-state index is 0.0765. The van der Waals surface area contributed by atoms with Crippen LogP contribution in [-0.2, 0) is 4.79 Å². The Morgan fingerprint density at radius 1 is 1.83 bits per heavy atom. The first-order valence-corrected chi connectivity index (χ1v) is 4.91. The van der Waals surface area contributed by atoms with Crippen LogP contribution in [0.5, 0.6) is 0 Å². The number of likely N-dealkylation sites (tertiary alicyclic amines) is 1. The van der Waals surface area contributed by atoms with E-state index in [9.17, 15) is 4.79 Å². The smallest absolute Gasteiger partial charge is 0.223 e. The lowest BCUT2D eigenvalue weighted by atomic mass is 10.1. The van der Waals surface area contributed by atoms with E-state index < -0.39 is 0 Å². The van der Waals surface area contributed by atoms with Gasteiger partial charge in [-0.3, -0.25) is 4.79 Å². The Labute approximate surface area is 78.7 Å². The zero-order chi connectivity index (χ0) is 9.14. The molecule has 0 saturated carbocycles. The van der Waals surface area contributed by atoms with Gasteiger partial charge in [-0.25, -0.2) is 0 Å². The largest absolute Gasteiger partial charge is 0.341 e. The fraction of sp³-hybridized carbons (Fsp3) is 0.875. The van der Waals surface area contributed by atoms with E-state index in [1.54, 1.807) is 0 Å². The van der Waals surface area contributed by atoms with Gasteiger partial charge >= 0.3 is 0 Å². The van der Waals surface area contributed by atoms with Gasteiger partial charge in [0.25, 0.3) is 0 Å². The van der Waals surface area contributed by atoms with E-state index in [4.69, 9.17) is 5.73 Å². The molecule has 2 atom stereocenters. The Hall–Kier alpha value is -0.220. The number of nitrogens with zero attached hydrogens (tertiary/aromatic N) is 1. The van der Waals surface area contributed by atoms with Gasteiger partial charge in [-0.05, 0) is 18.6 Å². The number of carbonyl (C=O) groups excluding carboxylic acids is 1. The minimum absolute atomic E-state index is 0.0765. The molecular weight excluding hydrogens is 172 g/mol. The number of carbonyl (C=O) groups is 1. The van der Waals surface area contributed by atoms with Gasteiger partial charge in [0.2, 0.25) is 5.91 Å². The van der Waals surface area contributed by atoms with Gasteiger partial charge in [-0.2, -0.15) is 12.6 Å². The van der Waals surface area contributed by atoms with Crippen LogP contribution in [-0.4, -0.2) is 35.7 Å². The van der Waals surface area contributed by atoms with Gasteiger partial charge in [0.1, 0.15) is 0 Å². The first kappa shape index (κ1) is 9.86. The van der Waals surface area contributed by atoms with Crippen molar-refractivity contribution in [1.29, 1.82) is 0 Å². The maximum absolute atomic E-state index is 11.3. The van der Waals surface area contributed by atoms with E-state index >= 15 is 0 Å². The Kier molecular flexibility index (Phi) is 3.40. The highest BCUT2D eigenvalue weighted by Gasteiger charge is 2.28. The van der Waals surface area contributed by atoms with E-state index in [0.717, 1.165) is 12.3 Å². The van der Waals surface area contributed by atoms with Crippen LogP contribution in [0.25, 0.3) is 0 Å². The van der Waals surface area contributed by atoms with Crippen LogP contribution in [0.4, 0.5) is 0 Å². The van der Waals surface area contributed by atoms with Crippen molar-refractivity contribution < 1.29 is 4.79 Å². The molecule has 70 valence electrons. The summed E-state index contributed by atoms with van der Waals surface area (Å²) in [4.78, 5) is 13.2. The lowest BCUT2D eigenvalue weighted by Gasteiger charge is -2.18. The predicted octanol–water partition coefficient (Wildman–Crippen LogP) is 0.112. The summed E-state index contributed by atoms with van der Waals surface area (Å²) < 4.78 is 0. The van der Waals surface area contributed by atoms with Crippen LogP contribution in [0.3, 0.4) is 0 Å². The molecule has 1 heterocycles. The molecule has 0 aromatic carbocycles. The molecule has 1 fully saturated rings. The van der Waals surface area contributed by atoms with Crippen molar-refractivity contribution in [2.24, 2.45) is 11.7 Å². The lowest BCUT2D eigenvalue weighted by Crippen LogP contribution is -2.36. The van der Waals surface area contributed by atoms with Crippen molar-refractivity contribution >= 4 is 18.5 Å². The Balaban J connectivity index is 2.41. The van der Waals surface area contributed by atoms with Gasteiger partial charge < -0.3 is 10.6 Å². The van der Waals surface area contributed by atoms with Crippen LogP contribution >= 0.6 is 12.6 Å². The maximum Gasteiger partial charge on any atom is 0.223 e. The van der Waals surface area contributed by atoms with Crippen LogP contribution in [0.1, 0.15) is 13.3 Å². The molecule has 0 bridgehead atoms. The van der Waals surface area contributed by atoms with Gasteiger partial charge in [0, 0.05) is 25.6 Å². The van der Waals surface area contributed by atoms with Gasteiger partial charge in [-0.1, -0.05) is 0 Å². The van der Waals surface area contributed by atoms with Crippen molar-refractivity contribution in [3.8, 4) is 0 Å². The zero-order valence-electron chi connectivity index (χ0n) is 7.36. The third-order valence-corrected chi connectivity index (χ3v) is 2.58. The topological polar surface area (TPSA) is 46.3 Å². The standard InChI is InChI=1S/C8H16N2OS/c1-6(9)3-10-4-7(5-12)2-8(10)11/h6-7,12H,2-5,9H2,1H3. The van der Waals surface area contributed by atoms with Crippen LogP contribution in [0.15, 0.2) is 0 Å². The number of thiol groups is 1. The van der Waals surface area contributed by atoms with Crippen molar-refractivity contribution in [2.75, 3.05) is 18.8 Å². The zero-order valence-corrected chi connectivity index (χ0v) is 8.26. The molecule has 1 rings (SSSR count). The molecule has 1 saturated heterocycles. The van der Waals surface area contributed by atoms with Crippen molar-refractivity contribution in [2.45, 2.75) is 19.4 Å². The molecule has 2 unspecified atom stereocenters. The summed E-state index contributed by atoms with van der Waals surface area (Å²) >= 11 is 4.18.